The van der Waals surface area contributed by atoms with Crippen molar-refractivity contribution in [3.05, 3.63) is 64.4 Å². The van der Waals surface area contributed by atoms with Gasteiger partial charge < -0.3 is 4.90 Å². The van der Waals surface area contributed by atoms with E-state index in [1.165, 1.54) is 0 Å². The monoisotopic (exact) mass is 346 g/mol. The minimum absolute atomic E-state index is 0.0527. The molecule has 0 saturated heterocycles. The molecule has 4 heteroatoms. The van der Waals surface area contributed by atoms with Crippen LogP contribution in [0.4, 0.5) is 0 Å². The van der Waals surface area contributed by atoms with Crippen LogP contribution in [-0.4, -0.2) is 22.8 Å². The molecule has 0 spiro atoms. The number of amides is 1. The summed E-state index contributed by atoms with van der Waals surface area (Å²) in [7, 11) is 1.83. The third-order valence-corrected chi connectivity index (χ3v) is 4.33. The Labute approximate surface area is 134 Å². The highest BCUT2D eigenvalue weighted by Crippen LogP contribution is 2.25. The van der Waals surface area contributed by atoms with E-state index >= 15 is 0 Å². The van der Waals surface area contributed by atoms with Gasteiger partial charge in [-0.25, -0.2) is 0 Å². The Morgan fingerprint density at radius 3 is 2.48 bits per heavy atom. The molecule has 2 aromatic rings. The van der Waals surface area contributed by atoms with E-state index in [-0.39, 0.29) is 5.91 Å². The van der Waals surface area contributed by atoms with Gasteiger partial charge in [-0.3, -0.25) is 9.78 Å². The van der Waals surface area contributed by atoms with Crippen LogP contribution >= 0.6 is 15.9 Å². The van der Waals surface area contributed by atoms with Crippen LogP contribution < -0.4 is 0 Å². The SMILES string of the molecule is CN(Cc1ccccc1Br)C(=O)C(C)(C)c1ccccn1. The van der Waals surface area contributed by atoms with Crippen molar-refractivity contribution in [2.75, 3.05) is 7.05 Å². The van der Waals surface area contributed by atoms with Crippen molar-refractivity contribution in [1.29, 1.82) is 0 Å². The number of halogens is 1. The smallest absolute Gasteiger partial charge is 0.234 e. The lowest BCUT2D eigenvalue weighted by atomic mass is 9.87. The van der Waals surface area contributed by atoms with Crippen molar-refractivity contribution in [3.8, 4) is 0 Å². The fourth-order valence-electron chi connectivity index (χ4n) is 2.27. The van der Waals surface area contributed by atoms with E-state index in [9.17, 15) is 4.79 Å². The average molecular weight is 347 g/mol. The molecule has 0 N–H and O–H groups in total. The molecule has 21 heavy (non-hydrogen) atoms. The molecular weight excluding hydrogens is 328 g/mol. The quantitative estimate of drug-likeness (QED) is 0.843. The summed E-state index contributed by atoms with van der Waals surface area (Å²) in [6.07, 6.45) is 1.72. The number of carbonyl (C=O) groups is 1. The Kier molecular flexibility index (Phi) is 4.78. The lowest BCUT2D eigenvalue weighted by Crippen LogP contribution is -2.41. The first-order chi connectivity index (χ1) is 9.93. The molecule has 0 fully saturated rings. The van der Waals surface area contributed by atoms with Crippen molar-refractivity contribution in [2.24, 2.45) is 0 Å². The number of hydrogen-bond acceptors (Lipinski definition) is 2. The highest BCUT2D eigenvalue weighted by molar-refractivity contribution is 9.10. The zero-order valence-corrected chi connectivity index (χ0v) is 14.1. The molecule has 1 aromatic heterocycles. The van der Waals surface area contributed by atoms with Gasteiger partial charge in [0.15, 0.2) is 0 Å². The highest BCUT2D eigenvalue weighted by atomic mass is 79.9. The van der Waals surface area contributed by atoms with E-state index in [0.29, 0.717) is 6.54 Å². The molecule has 0 unspecified atom stereocenters. The molecule has 0 bridgehead atoms. The maximum absolute atomic E-state index is 12.8. The molecule has 110 valence electrons. The zero-order chi connectivity index (χ0) is 15.5. The molecule has 0 aliphatic carbocycles. The summed E-state index contributed by atoms with van der Waals surface area (Å²) < 4.78 is 1.01. The van der Waals surface area contributed by atoms with Gasteiger partial charge in [0.2, 0.25) is 5.91 Å². The number of likely N-dealkylation sites (N-methyl/N-ethyl adjacent to an activating group) is 1. The summed E-state index contributed by atoms with van der Waals surface area (Å²) in [4.78, 5) is 18.8. The van der Waals surface area contributed by atoms with Crippen LogP contribution in [0.2, 0.25) is 0 Å². The third-order valence-electron chi connectivity index (χ3n) is 3.55. The predicted octanol–water partition coefficient (Wildman–Crippen LogP) is 3.78. The topological polar surface area (TPSA) is 33.2 Å². The van der Waals surface area contributed by atoms with Crippen molar-refractivity contribution >= 4 is 21.8 Å². The Bertz CT molecular complexity index is 626. The van der Waals surface area contributed by atoms with E-state index < -0.39 is 5.41 Å². The highest BCUT2D eigenvalue weighted by Gasteiger charge is 2.33. The van der Waals surface area contributed by atoms with Crippen molar-refractivity contribution in [2.45, 2.75) is 25.8 Å². The van der Waals surface area contributed by atoms with E-state index in [1.807, 2.05) is 63.4 Å². The Morgan fingerprint density at radius 2 is 1.86 bits per heavy atom. The zero-order valence-electron chi connectivity index (χ0n) is 12.5. The summed E-state index contributed by atoms with van der Waals surface area (Å²) in [5.74, 6) is 0.0527. The number of pyridine rings is 1. The normalized spacial score (nSPS) is 11.2. The van der Waals surface area contributed by atoms with Crippen LogP contribution in [0.1, 0.15) is 25.1 Å². The fourth-order valence-corrected chi connectivity index (χ4v) is 2.68. The number of rotatable bonds is 4. The van der Waals surface area contributed by atoms with Gasteiger partial charge >= 0.3 is 0 Å². The van der Waals surface area contributed by atoms with Gasteiger partial charge in [0.1, 0.15) is 0 Å². The molecule has 0 saturated carbocycles. The predicted molar refractivity (Wildman–Crippen MR) is 87.9 cm³/mol. The molecule has 1 amide bonds. The summed E-state index contributed by atoms with van der Waals surface area (Å²) >= 11 is 3.52. The van der Waals surface area contributed by atoms with E-state index in [4.69, 9.17) is 0 Å². The number of carbonyl (C=O) groups excluding carboxylic acids is 1. The van der Waals surface area contributed by atoms with Crippen LogP contribution in [0.3, 0.4) is 0 Å². The third kappa shape index (κ3) is 3.50. The molecule has 2 rings (SSSR count). The maximum Gasteiger partial charge on any atom is 0.234 e. The van der Waals surface area contributed by atoms with Gasteiger partial charge in [-0.2, -0.15) is 0 Å². The molecular formula is C17H19BrN2O. The van der Waals surface area contributed by atoms with Gasteiger partial charge in [0.25, 0.3) is 0 Å². The Morgan fingerprint density at radius 1 is 1.19 bits per heavy atom. The number of nitrogens with zero attached hydrogens (tertiary/aromatic N) is 2. The minimum Gasteiger partial charge on any atom is -0.341 e. The molecule has 0 aliphatic rings. The van der Waals surface area contributed by atoms with Crippen LogP contribution in [0, 0.1) is 0 Å². The van der Waals surface area contributed by atoms with Crippen LogP contribution in [-0.2, 0) is 16.8 Å². The van der Waals surface area contributed by atoms with Gasteiger partial charge in [0, 0.05) is 24.3 Å². The summed E-state index contributed by atoms with van der Waals surface area (Å²) in [6.45, 7) is 4.39. The van der Waals surface area contributed by atoms with E-state index in [1.54, 1.807) is 11.1 Å². The van der Waals surface area contributed by atoms with Gasteiger partial charge in [-0.05, 0) is 37.6 Å². The number of benzene rings is 1. The Hall–Kier alpha value is -1.68. The van der Waals surface area contributed by atoms with Crippen molar-refractivity contribution in [3.63, 3.8) is 0 Å². The van der Waals surface area contributed by atoms with Gasteiger partial charge in [-0.15, -0.1) is 0 Å². The Balaban J connectivity index is 2.18. The molecule has 1 aromatic carbocycles. The molecule has 1 heterocycles. The molecule has 0 atom stereocenters. The molecule has 0 radical (unpaired) electrons. The molecule has 0 aliphatic heterocycles. The standard InChI is InChI=1S/C17H19BrN2O/c1-17(2,15-10-6-7-11-19-15)16(21)20(3)12-13-8-4-5-9-14(13)18/h4-11H,12H2,1-3H3. The van der Waals surface area contributed by atoms with Crippen LogP contribution in [0.5, 0.6) is 0 Å². The number of hydrogen-bond donors (Lipinski definition) is 0. The van der Waals surface area contributed by atoms with Gasteiger partial charge in [0.05, 0.1) is 11.1 Å². The average Bonchev–Trinajstić information content (AvgIpc) is 2.49. The lowest BCUT2D eigenvalue weighted by molar-refractivity contribution is -0.135. The van der Waals surface area contributed by atoms with Crippen molar-refractivity contribution in [1.82, 2.24) is 9.88 Å². The van der Waals surface area contributed by atoms with E-state index in [2.05, 4.69) is 20.9 Å². The second-order valence-electron chi connectivity index (χ2n) is 5.59. The minimum atomic E-state index is -0.642. The van der Waals surface area contributed by atoms with Crippen LogP contribution in [0.25, 0.3) is 0 Å². The van der Waals surface area contributed by atoms with Crippen molar-refractivity contribution < 1.29 is 4.79 Å². The number of aromatic nitrogens is 1. The first-order valence-electron chi connectivity index (χ1n) is 6.83. The van der Waals surface area contributed by atoms with Gasteiger partial charge in [-0.1, -0.05) is 40.2 Å². The maximum atomic E-state index is 12.8. The largest absolute Gasteiger partial charge is 0.341 e. The summed E-state index contributed by atoms with van der Waals surface area (Å²) in [6, 6.07) is 13.6. The summed E-state index contributed by atoms with van der Waals surface area (Å²) in [5.41, 5.74) is 1.23. The first kappa shape index (κ1) is 15.7. The first-order valence-corrected chi connectivity index (χ1v) is 7.62. The lowest BCUT2D eigenvalue weighted by Gasteiger charge is -2.29. The van der Waals surface area contributed by atoms with E-state index in [0.717, 1.165) is 15.7 Å². The fraction of sp³-hybridized carbons (Fsp3) is 0.294. The second-order valence-corrected chi connectivity index (χ2v) is 6.45. The van der Waals surface area contributed by atoms with Crippen LogP contribution in [0.15, 0.2) is 53.1 Å². The second kappa shape index (κ2) is 6.39. The molecule has 3 nitrogen and oxygen atoms in total. The summed E-state index contributed by atoms with van der Waals surface area (Å²) in [5, 5.41) is 0.